The predicted molar refractivity (Wildman–Crippen MR) is 91.3 cm³/mol. The summed E-state index contributed by atoms with van der Waals surface area (Å²) in [7, 11) is 1.91. The van der Waals surface area contributed by atoms with Crippen LogP contribution in [-0.2, 0) is 0 Å². The maximum atomic E-state index is 9.44. The number of likely N-dealkylation sites (N-methyl/N-ethyl adjacent to an activating group) is 1. The van der Waals surface area contributed by atoms with Crippen LogP contribution >= 0.6 is 0 Å². The van der Waals surface area contributed by atoms with E-state index in [-0.39, 0.29) is 5.75 Å². The minimum absolute atomic E-state index is 0.285. The van der Waals surface area contributed by atoms with Crippen molar-refractivity contribution in [1.82, 2.24) is 5.32 Å². The summed E-state index contributed by atoms with van der Waals surface area (Å²) in [6.45, 7) is 3.61. The van der Waals surface area contributed by atoms with E-state index in [0.29, 0.717) is 6.61 Å². The Hall–Kier alpha value is -2.26. The van der Waals surface area contributed by atoms with Crippen LogP contribution in [0.4, 0.5) is 0 Å². The highest BCUT2D eigenvalue weighted by Crippen LogP contribution is 2.27. The van der Waals surface area contributed by atoms with Gasteiger partial charge in [0.15, 0.2) is 0 Å². The number of phenolic OH excluding ortho intramolecular Hbond substituents is 1. The Morgan fingerprint density at radius 3 is 2.18 bits per heavy atom. The molecule has 2 rings (SSSR count). The van der Waals surface area contributed by atoms with Crippen LogP contribution in [0.25, 0.3) is 5.57 Å². The van der Waals surface area contributed by atoms with E-state index >= 15 is 0 Å². The molecule has 0 aliphatic heterocycles. The maximum absolute atomic E-state index is 9.44. The highest BCUT2D eigenvalue weighted by atomic mass is 16.5. The molecule has 0 aliphatic rings. The van der Waals surface area contributed by atoms with Gasteiger partial charge in [-0.05, 0) is 54.4 Å². The Morgan fingerprint density at radius 1 is 1.05 bits per heavy atom. The summed E-state index contributed by atoms with van der Waals surface area (Å²) in [6.07, 6.45) is 3.15. The molecule has 0 saturated carbocycles. The highest BCUT2D eigenvalue weighted by molar-refractivity contribution is 5.80. The summed E-state index contributed by atoms with van der Waals surface area (Å²) in [5.41, 5.74) is 3.42. The summed E-state index contributed by atoms with van der Waals surface area (Å²) >= 11 is 0. The Morgan fingerprint density at radius 2 is 1.64 bits per heavy atom. The summed E-state index contributed by atoms with van der Waals surface area (Å²) < 4.78 is 5.65. The molecule has 0 heterocycles. The van der Waals surface area contributed by atoms with Crippen LogP contribution in [0, 0.1) is 0 Å². The number of ether oxygens (including phenoxy) is 1. The van der Waals surface area contributed by atoms with Crippen molar-refractivity contribution < 1.29 is 9.84 Å². The molecule has 0 atom stereocenters. The minimum atomic E-state index is 0.285. The lowest BCUT2D eigenvalue weighted by atomic mass is 9.97. The lowest BCUT2D eigenvalue weighted by Gasteiger charge is -2.11. The number of benzene rings is 2. The monoisotopic (exact) mass is 297 g/mol. The SMILES string of the molecule is CC/C=C(\c1ccc(O)cc1)c1ccc(OCCNC)cc1. The number of allylic oxidation sites excluding steroid dienone is 1. The highest BCUT2D eigenvalue weighted by Gasteiger charge is 2.05. The molecule has 3 nitrogen and oxygen atoms in total. The van der Waals surface area contributed by atoms with Crippen molar-refractivity contribution in [3.63, 3.8) is 0 Å². The van der Waals surface area contributed by atoms with Gasteiger partial charge in [-0.3, -0.25) is 0 Å². The minimum Gasteiger partial charge on any atom is -0.508 e. The summed E-state index contributed by atoms with van der Waals surface area (Å²) in [6, 6.07) is 15.4. The van der Waals surface area contributed by atoms with E-state index in [0.717, 1.165) is 29.8 Å². The zero-order valence-electron chi connectivity index (χ0n) is 13.2. The fourth-order valence-electron chi connectivity index (χ4n) is 2.25. The number of phenols is 1. The number of nitrogens with one attached hydrogen (secondary N) is 1. The lowest BCUT2D eigenvalue weighted by molar-refractivity contribution is 0.318. The normalized spacial score (nSPS) is 11.5. The smallest absolute Gasteiger partial charge is 0.119 e. The third-order valence-electron chi connectivity index (χ3n) is 3.37. The fourth-order valence-corrected chi connectivity index (χ4v) is 2.25. The number of hydrogen-bond acceptors (Lipinski definition) is 3. The Bertz CT molecular complexity index is 600. The third kappa shape index (κ3) is 4.37. The van der Waals surface area contributed by atoms with Gasteiger partial charge in [-0.1, -0.05) is 37.3 Å². The third-order valence-corrected chi connectivity index (χ3v) is 3.37. The average molecular weight is 297 g/mol. The van der Waals surface area contributed by atoms with Crippen LogP contribution in [0.5, 0.6) is 11.5 Å². The molecular formula is C19H23NO2. The van der Waals surface area contributed by atoms with Crippen LogP contribution in [0.3, 0.4) is 0 Å². The molecular weight excluding hydrogens is 274 g/mol. The van der Waals surface area contributed by atoms with Gasteiger partial charge in [0.2, 0.25) is 0 Å². The van der Waals surface area contributed by atoms with Crippen molar-refractivity contribution in [1.29, 1.82) is 0 Å². The van der Waals surface area contributed by atoms with Crippen molar-refractivity contribution in [3.05, 3.63) is 65.7 Å². The Labute approximate surface area is 132 Å². The van der Waals surface area contributed by atoms with Crippen LogP contribution in [0.15, 0.2) is 54.6 Å². The van der Waals surface area contributed by atoms with E-state index in [2.05, 4.69) is 30.4 Å². The van der Waals surface area contributed by atoms with Gasteiger partial charge in [0.25, 0.3) is 0 Å². The molecule has 2 aromatic carbocycles. The zero-order chi connectivity index (χ0) is 15.8. The molecule has 0 fully saturated rings. The van der Waals surface area contributed by atoms with E-state index in [1.165, 1.54) is 5.57 Å². The van der Waals surface area contributed by atoms with Crippen molar-refractivity contribution in [2.45, 2.75) is 13.3 Å². The second kappa shape index (κ2) is 8.25. The van der Waals surface area contributed by atoms with E-state index in [9.17, 15) is 5.11 Å². The predicted octanol–water partition coefficient (Wildman–Crippen LogP) is 3.83. The van der Waals surface area contributed by atoms with Gasteiger partial charge in [0.1, 0.15) is 18.1 Å². The van der Waals surface area contributed by atoms with E-state index in [1.807, 2.05) is 31.3 Å². The second-order valence-electron chi connectivity index (χ2n) is 5.05. The van der Waals surface area contributed by atoms with Crippen LogP contribution < -0.4 is 10.1 Å². The fraction of sp³-hybridized carbons (Fsp3) is 0.263. The molecule has 3 heteroatoms. The first-order valence-corrected chi connectivity index (χ1v) is 7.62. The molecule has 0 bridgehead atoms. The van der Waals surface area contributed by atoms with Crippen molar-refractivity contribution in [2.24, 2.45) is 0 Å². The van der Waals surface area contributed by atoms with Gasteiger partial charge in [-0.2, -0.15) is 0 Å². The van der Waals surface area contributed by atoms with Gasteiger partial charge in [-0.25, -0.2) is 0 Å². The van der Waals surface area contributed by atoms with Crippen molar-refractivity contribution >= 4 is 5.57 Å². The molecule has 0 saturated heterocycles. The van der Waals surface area contributed by atoms with Gasteiger partial charge in [-0.15, -0.1) is 0 Å². The van der Waals surface area contributed by atoms with Gasteiger partial charge >= 0.3 is 0 Å². The molecule has 22 heavy (non-hydrogen) atoms. The molecule has 0 aliphatic carbocycles. The molecule has 2 aromatic rings. The van der Waals surface area contributed by atoms with Crippen LogP contribution in [0.2, 0.25) is 0 Å². The Kier molecular flexibility index (Phi) is 6.04. The van der Waals surface area contributed by atoms with Gasteiger partial charge in [0.05, 0.1) is 0 Å². The first-order valence-electron chi connectivity index (χ1n) is 7.62. The molecule has 0 radical (unpaired) electrons. The van der Waals surface area contributed by atoms with Crippen LogP contribution in [0.1, 0.15) is 24.5 Å². The molecule has 0 aromatic heterocycles. The summed E-state index contributed by atoms with van der Waals surface area (Å²) in [5.74, 6) is 1.16. The van der Waals surface area contributed by atoms with Gasteiger partial charge in [0, 0.05) is 6.54 Å². The molecule has 2 N–H and O–H groups in total. The maximum Gasteiger partial charge on any atom is 0.119 e. The molecule has 0 amide bonds. The van der Waals surface area contributed by atoms with Crippen molar-refractivity contribution in [2.75, 3.05) is 20.2 Å². The topological polar surface area (TPSA) is 41.5 Å². The quantitative estimate of drug-likeness (QED) is 0.763. The largest absolute Gasteiger partial charge is 0.508 e. The van der Waals surface area contributed by atoms with Crippen molar-refractivity contribution in [3.8, 4) is 11.5 Å². The number of rotatable bonds is 7. The summed E-state index contributed by atoms with van der Waals surface area (Å²) in [5, 5.41) is 12.5. The molecule has 0 spiro atoms. The molecule has 0 unspecified atom stereocenters. The zero-order valence-corrected chi connectivity index (χ0v) is 13.2. The van der Waals surface area contributed by atoms with E-state index in [1.54, 1.807) is 12.1 Å². The molecule has 116 valence electrons. The summed E-state index contributed by atoms with van der Waals surface area (Å²) in [4.78, 5) is 0. The lowest BCUT2D eigenvalue weighted by Crippen LogP contribution is -2.15. The van der Waals surface area contributed by atoms with Crippen LogP contribution in [-0.4, -0.2) is 25.3 Å². The van der Waals surface area contributed by atoms with E-state index < -0.39 is 0 Å². The average Bonchev–Trinajstić information content (AvgIpc) is 2.55. The second-order valence-corrected chi connectivity index (χ2v) is 5.05. The Balaban J connectivity index is 2.19. The number of hydrogen-bond donors (Lipinski definition) is 2. The first-order chi connectivity index (χ1) is 10.7. The van der Waals surface area contributed by atoms with E-state index in [4.69, 9.17) is 4.74 Å². The number of aromatic hydroxyl groups is 1. The van der Waals surface area contributed by atoms with Gasteiger partial charge < -0.3 is 15.2 Å². The first kappa shape index (κ1) is 16.1. The standard InChI is InChI=1S/C19H23NO2/c1-3-4-19(15-5-9-17(21)10-6-15)16-7-11-18(12-8-16)22-14-13-20-2/h4-12,20-21H,3,13-14H2,1-2H3/b19-4+.